The zero-order chi connectivity index (χ0) is 28.6. The van der Waals surface area contributed by atoms with E-state index in [2.05, 4.69) is 17.2 Å². The van der Waals surface area contributed by atoms with E-state index in [4.69, 9.17) is 23.7 Å². The molecule has 0 rings (SSSR count). The first kappa shape index (κ1) is 35.0. The van der Waals surface area contributed by atoms with Crippen molar-refractivity contribution in [3.8, 4) is 0 Å². The number of ether oxygens (including phenoxy) is 5. The molecule has 2 N–H and O–H groups in total. The molecule has 0 spiro atoms. The molecule has 0 fully saturated rings. The molecule has 0 atom stereocenters. The molecule has 2 amide bonds. The second-order valence-corrected chi connectivity index (χ2v) is 7.78. The minimum absolute atomic E-state index is 0.00421. The molecule has 0 aliphatic heterocycles. The largest absolute Gasteiger partial charge is 0.457 e. The highest BCUT2D eigenvalue weighted by molar-refractivity contribution is 6.19. The maximum absolute atomic E-state index is 12.0. The second kappa shape index (κ2) is 23.1. The number of rotatable bonds is 25. The fourth-order valence-corrected chi connectivity index (χ4v) is 2.36. The van der Waals surface area contributed by atoms with Crippen molar-refractivity contribution in [2.45, 2.75) is 39.5 Å². The van der Waals surface area contributed by atoms with Crippen LogP contribution < -0.4 is 10.6 Å². The van der Waals surface area contributed by atoms with Gasteiger partial charge in [0.15, 0.2) is 18.2 Å². The highest BCUT2D eigenvalue weighted by Gasteiger charge is 2.17. The summed E-state index contributed by atoms with van der Waals surface area (Å²) in [4.78, 5) is 69.6. The molecule has 0 unspecified atom stereocenters. The van der Waals surface area contributed by atoms with Gasteiger partial charge in [-0.15, -0.1) is 0 Å². The molecule has 13 nitrogen and oxygen atoms in total. The molecule has 216 valence electrons. The number of esters is 1. The average Bonchev–Trinajstić information content (AvgIpc) is 2.92. The quantitative estimate of drug-likeness (QED) is 0.0508. The van der Waals surface area contributed by atoms with E-state index in [1.54, 1.807) is 13.8 Å². The summed E-state index contributed by atoms with van der Waals surface area (Å²) in [6.07, 6.45) is 0.441. The Labute approximate surface area is 222 Å². The summed E-state index contributed by atoms with van der Waals surface area (Å²) < 4.78 is 25.5. The van der Waals surface area contributed by atoms with Gasteiger partial charge in [0.25, 0.3) is 5.91 Å². The number of nitrogens with one attached hydrogen (secondary N) is 2. The predicted molar refractivity (Wildman–Crippen MR) is 134 cm³/mol. The van der Waals surface area contributed by atoms with E-state index in [0.29, 0.717) is 12.8 Å². The normalized spacial score (nSPS) is 10.5. The van der Waals surface area contributed by atoms with Crippen molar-refractivity contribution >= 4 is 35.1 Å². The third-order valence-corrected chi connectivity index (χ3v) is 4.69. The van der Waals surface area contributed by atoms with Crippen molar-refractivity contribution in [2.24, 2.45) is 0 Å². The second-order valence-electron chi connectivity index (χ2n) is 7.78. The maximum Gasteiger partial charge on any atom is 0.306 e. The standard InChI is InChI=1S/C25H40N2O11/c1-4-20(28)16-36-14-12-34-10-8-26-23(31)6-7-24(32)38-18-22(30)19(3)25(33)27-9-11-35-13-15-37-17-21(29)5-2/h3-18H2,1-2H3,(H,26,31)(H,27,33). The lowest BCUT2D eigenvalue weighted by Crippen LogP contribution is -2.32. The highest BCUT2D eigenvalue weighted by atomic mass is 16.5. The van der Waals surface area contributed by atoms with Gasteiger partial charge in [0, 0.05) is 32.4 Å². The van der Waals surface area contributed by atoms with Crippen LogP contribution in [-0.2, 0) is 52.5 Å². The summed E-state index contributed by atoms with van der Waals surface area (Å²) in [6.45, 7) is 8.11. The first-order valence-corrected chi connectivity index (χ1v) is 12.5. The summed E-state index contributed by atoms with van der Waals surface area (Å²) >= 11 is 0. The third kappa shape index (κ3) is 20.1. The summed E-state index contributed by atoms with van der Waals surface area (Å²) in [7, 11) is 0. The molecule has 0 aromatic carbocycles. The molecule has 38 heavy (non-hydrogen) atoms. The Balaban J connectivity index is 3.79. The Morgan fingerprint density at radius 3 is 1.66 bits per heavy atom. The number of amides is 2. The Hall–Kier alpha value is -3.00. The number of hydrogen-bond donors (Lipinski definition) is 2. The van der Waals surface area contributed by atoms with Gasteiger partial charge < -0.3 is 34.3 Å². The molecule has 0 radical (unpaired) electrons. The monoisotopic (exact) mass is 544 g/mol. The van der Waals surface area contributed by atoms with Gasteiger partial charge in [-0.1, -0.05) is 20.4 Å². The first-order chi connectivity index (χ1) is 18.2. The number of Topliss-reactive ketones (excluding diaryl/α,β-unsaturated/α-hetero) is 3. The van der Waals surface area contributed by atoms with E-state index in [0.717, 1.165) is 0 Å². The number of ketones is 3. The van der Waals surface area contributed by atoms with Crippen LogP contribution in [0.15, 0.2) is 12.2 Å². The van der Waals surface area contributed by atoms with Crippen molar-refractivity contribution in [3.63, 3.8) is 0 Å². The van der Waals surface area contributed by atoms with Gasteiger partial charge in [-0.05, 0) is 0 Å². The molecule has 0 aliphatic carbocycles. The van der Waals surface area contributed by atoms with Gasteiger partial charge in [0.2, 0.25) is 11.7 Å². The Morgan fingerprint density at radius 1 is 0.632 bits per heavy atom. The van der Waals surface area contributed by atoms with Crippen LogP contribution >= 0.6 is 0 Å². The SMILES string of the molecule is C=C(C(=O)COC(=O)CCC(=O)NCCOCCOCC(=O)CC)C(=O)NCCOCCOCC(=O)CC. The lowest BCUT2D eigenvalue weighted by atomic mass is 10.2. The smallest absolute Gasteiger partial charge is 0.306 e. The van der Waals surface area contributed by atoms with Crippen molar-refractivity contribution in [3.05, 3.63) is 12.2 Å². The van der Waals surface area contributed by atoms with Crippen LogP contribution in [0.25, 0.3) is 0 Å². The molecule has 0 saturated carbocycles. The van der Waals surface area contributed by atoms with Crippen molar-refractivity contribution < 1.29 is 52.5 Å². The molecule has 0 aromatic heterocycles. The molecule has 0 aromatic rings. The minimum atomic E-state index is -0.770. The van der Waals surface area contributed by atoms with Gasteiger partial charge in [0.05, 0.1) is 51.6 Å². The predicted octanol–water partition coefficient (Wildman–Crippen LogP) is -0.308. The third-order valence-electron chi connectivity index (χ3n) is 4.69. The van der Waals surface area contributed by atoms with Crippen LogP contribution in [0.3, 0.4) is 0 Å². The van der Waals surface area contributed by atoms with E-state index >= 15 is 0 Å². The lowest BCUT2D eigenvalue weighted by Gasteiger charge is -2.09. The van der Waals surface area contributed by atoms with E-state index in [-0.39, 0.29) is 95.9 Å². The Bertz CT molecular complexity index is 783. The van der Waals surface area contributed by atoms with Crippen molar-refractivity contribution in [1.82, 2.24) is 10.6 Å². The molecule has 0 bridgehead atoms. The van der Waals surface area contributed by atoms with Crippen LogP contribution in [0.4, 0.5) is 0 Å². The van der Waals surface area contributed by atoms with Gasteiger partial charge in [0.1, 0.15) is 13.2 Å². The molecule has 0 heterocycles. The number of hydrogen-bond acceptors (Lipinski definition) is 11. The summed E-state index contributed by atoms with van der Waals surface area (Å²) in [5.74, 6) is -2.65. The Morgan fingerprint density at radius 2 is 1.13 bits per heavy atom. The topological polar surface area (TPSA) is 173 Å². The van der Waals surface area contributed by atoms with Gasteiger partial charge >= 0.3 is 5.97 Å². The fourth-order valence-electron chi connectivity index (χ4n) is 2.36. The molecule has 0 aliphatic rings. The van der Waals surface area contributed by atoms with Gasteiger partial charge in [-0.2, -0.15) is 0 Å². The fraction of sp³-hybridized carbons (Fsp3) is 0.680. The molecular weight excluding hydrogens is 504 g/mol. The maximum atomic E-state index is 12.0. The zero-order valence-electron chi connectivity index (χ0n) is 22.3. The van der Waals surface area contributed by atoms with E-state index in [1.807, 2.05) is 0 Å². The van der Waals surface area contributed by atoms with Crippen LogP contribution in [0.1, 0.15) is 39.5 Å². The van der Waals surface area contributed by atoms with Crippen molar-refractivity contribution in [2.75, 3.05) is 72.6 Å². The van der Waals surface area contributed by atoms with E-state index < -0.39 is 30.2 Å². The van der Waals surface area contributed by atoms with Crippen molar-refractivity contribution in [1.29, 1.82) is 0 Å². The zero-order valence-corrected chi connectivity index (χ0v) is 22.3. The molecule has 0 saturated heterocycles. The number of carbonyl (C=O) groups is 6. The minimum Gasteiger partial charge on any atom is -0.457 e. The lowest BCUT2D eigenvalue weighted by molar-refractivity contribution is -0.148. The number of carbonyl (C=O) groups excluding carboxylic acids is 6. The molecule has 13 heteroatoms. The summed E-state index contributed by atoms with van der Waals surface area (Å²) in [5.41, 5.74) is -0.376. The average molecular weight is 545 g/mol. The van der Waals surface area contributed by atoms with E-state index in [9.17, 15) is 28.8 Å². The van der Waals surface area contributed by atoms with Crippen LogP contribution in [0.2, 0.25) is 0 Å². The van der Waals surface area contributed by atoms with Crippen LogP contribution in [-0.4, -0.2) is 108 Å². The van der Waals surface area contributed by atoms with E-state index in [1.165, 1.54) is 0 Å². The van der Waals surface area contributed by atoms with Gasteiger partial charge in [-0.3, -0.25) is 28.8 Å². The van der Waals surface area contributed by atoms with Crippen LogP contribution in [0, 0.1) is 0 Å². The highest BCUT2D eigenvalue weighted by Crippen LogP contribution is 1.98. The van der Waals surface area contributed by atoms with Gasteiger partial charge in [-0.25, -0.2) is 0 Å². The Kier molecular flexibility index (Phi) is 21.3. The summed E-state index contributed by atoms with van der Waals surface area (Å²) in [6, 6.07) is 0. The van der Waals surface area contributed by atoms with Crippen LogP contribution in [0.5, 0.6) is 0 Å². The summed E-state index contributed by atoms with van der Waals surface area (Å²) in [5, 5.41) is 5.02. The first-order valence-electron chi connectivity index (χ1n) is 12.5. The molecular formula is C25H40N2O11.